The van der Waals surface area contributed by atoms with E-state index in [1.165, 1.54) is 0 Å². The van der Waals surface area contributed by atoms with Gasteiger partial charge in [0.15, 0.2) is 6.10 Å². The molecule has 1 aromatic carbocycles. The quantitative estimate of drug-likeness (QED) is 0.299. The van der Waals surface area contributed by atoms with Crippen molar-refractivity contribution >= 4 is 35.4 Å². The van der Waals surface area contributed by atoms with Crippen LogP contribution in [0.4, 0.5) is 4.79 Å². The first kappa shape index (κ1) is 32.7. The highest BCUT2D eigenvalue weighted by Crippen LogP contribution is 2.36. The van der Waals surface area contributed by atoms with Crippen LogP contribution in [-0.2, 0) is 14.4 Å². The summed E-state index contributed by atoms with van der Waals surface area (Å²) in [6, 6.07) is 5.04. The first-order chi connectivity index (χ1) is 19.0. The molecule has 2 fully saturated rings. The molecule has 1 saturated heterocycles. The number of nitrogens with one attached hydrogen (secondary N) is 3. The number of aliphatic hydroxyl groups is 1. The lowest BCUT2D eigenvalue weighted by Gasteiger charge is -2.34. The van der Waals surface area contributed by atoms with Crippen molar-refractivity contribution in [1.82, 2.24) is 20.9 Å². The predicted octanol–water partition coefficient (Wildman–Crippen LogP) is 2.92. The van der Waals surface area contributed by atoms with Crippen molar-refractivity contribution in [2.75, 3.05) is 13.1 Å². The molecule has 2 aliphatic rings. The van der Waals surface area contributed by atoms with Gasteiger partial charge in [-0.1, -0.05) is 63.8 Å². The van der Waals surface area contributed by atoms with Gasteiger partial charge in [-0.2, -0.15) is 0 Å². The van der Waals surface area contributed by atoms with Gasteiger partial charge in [-0.15, -0.1) is 0 Å². The number of rotatable bonds is 9. The van der Waals surface area contributed by atoms with Gasteiger partial charge in [0.2, 0.25) is 17.7 Å². The molecule has 228 valence electrons. The minimum Gasteiger partial charge on any atom is -0.381 e. The number of hydrogen-bond donors (Lipinski definition) is 5. The zero-order valence-corrected chi connectivity index (χ0v) is 25.8. The molecule has 1 saturated carbocycles. The third kappa shape index (κ3) is 8.82. The molecule has 41 heavy (non-hydrogen) atoms. The Morgan fingerprint density at radius 3 is 2.12 bits per heavy atom. The second kappa shape index (κ2) is 13.0. The highest BCUT2D eigenvalue weighted by atomic mass is 35.5. The van der Waals surface area contributed by atoms with E-state index < -0.39 is 47.0 Å². The molecule has 1 heterocycles. The molecule has 11 heteroatoms. The van der Waals surface area contributed by atoms with Crippen molar-refractivity contribution in [3.8, 4) is 0 Å². The number of amides is 5. The fourth-order valence-corrected chi connectivity index (χ4v) is 5.60. The largest absolute Gasteiger partial charge is 0.381 e. The molecule has 2 unspecified atom stereocenters. The third-order valence-corrected chi connectivity index (χ3v) is 8.21. The summed E-state index contributed by atoms with van der Waals surface area (Å²) in [5.74, 6) is -2.27. The van der Waals surface area contributed by atoms with Crippen molar-refractivity contribution in [3.05, 3.63) is 34.9 Å². The van der Waals surface area contributed by atoms with Gasteiger partial charge >= 0.3 is 6.03 Å². The van der Waals surface area contributed by atoms with Crippen LogP contribution in [0.1, 0.15) is 78.7 Å². The Kier molecular flexibility index (Phi) is 10.3. The average Bonchev–Trinajstić information content (AvgIpc) is 3.27. The molecular formula is C30H46ClN5O5. The fourth-order valence-electron chi connectivity index (χ4n) is 5.48. The maximum Gasteiger partial charge on any atom is 0.315 e. The monoisotopic (exact) mass is 591 g/mol. The normalized spacial score (nSPS) is 21.8. The van der Waals surface area contributed by atoms with Crippen LogP contribution >= 0.6 is 11.6 Å². The molecule has 10 nitrogen and oxygen atoms in total. The van der Waals surface area contributed by atoms with Crippen molar-refractivity contribution in [1.29, 1.82) is 0 Å². The molecule has 0 aromatic heterocycles. The van der Waals surface area contributed by atoms with E-state index in [1.54, 1.807) is 17.0 Å². The van der Waals surface area contributed by atoms with E-state index in [0.717, 1.165) is 24.8 Å². The Morgan fingerprint density at radius 1 is 1.02 bits per heavy atom. The van der Waals surface area contributed by atoms with Crippen LogP contribution in [0.5, 0.6) is 0 Å². The summed E-state index contributed by atoms with van der Waals surface area (Å²) in [6.45, 7) is 11.5. The van der Waals surface area contributed by atoms with Crippen LogP contribution in [-0.4, -0.2) is 70.6 Å². The lowest BCUT2D eigenvalue weighted by Crippen LogP contribution is -2.58. The molecule has 6 N–H and O–H groups in total. The molecule has 5 atom stereocenters. The first-order valence-electron chi connectivity index (χ1n) is 14.4. The summed E-state index contributed by atoms with van der Waals surface area (Å²) >= 11 is 6.12. The highest BCUT2D eigenvalue weighted by molar-refractivity contribution is 6.30. The maximum atomic E-state index is 13.9. The molecule has 0 radical (unpaired) electrons. The van der Waals surface area contributed by atoms with Crippen LogP contribution in [0.3, 0.4) is 0 Å². The smallest absolute Gasteiger partial charge is 0.315 e. The predicted molar refractivity (Wildman–Crippen MR) is 158 cm³/mol. The van der Waals surface area contributed by atoms with Crippen molar-refractivity contribution in [3.63, 3.8) is 0 Å². The van der Waals surface area contributed by atoms with Crippen LogP contribution in [0, 0.1) is 17.3 Å². The molecule has 1 aliphatic carbocycles. The molecule has 5 amide bonds. The second-order valence-corrected chi connectivity index (χ2v) is 14.1. The number of nitrogens with two attached hydrogens (primary N) is 1. The fraction of sp³-hybridized carbons (Fsp3) is 0.667. The highest BCUT2D eigenvalue weighted by Gasteiger charge is 2.45. The number of urea groups is 1. The Morgan fingerprint density at radius 2 is 1.63 bits per heavy atom. The number of likely N-dealkylation sites (tertiary alicyclic amines) is 1. The zero-order chi connectivity index (χ0) is 30.7. The minimum absolute atomic E-state index is 0.107. The van der Waals surface area contributed by atoms with Crippen molar-refractivity contribution < 1.29 is 24.3 Å². The number of benzene rings is 1. The van der Waals surface area contributed by atoms with E-state index in [0.29, 0.717) is 17.4 Å². The molecule has 3 rings (SSSR count). The lowest BCUT2D eigenvalue weighted by molar-refractivity contribution is -0.135. The molecule has 0 spiro atoms. The average molecular weight is 592 g/mol. The van der Waals surface area contributed by atoms with Crippen LogP contribution in [0.2, 0.25) is 5.02 Å². The molecule has 1 aliphatic heterocycles. The summed E-state index contributed by atoms with van der Waals surface area (Å²) in [5.41, 5.74) is 5.14. The lowest BCUT2D eigenvalue weighted by atomic mass is 9.79. The Labute approximate surface area is 248 Å². The van der Waals surface area contributed by atoms with Gasteiger partial charge in [0.05, 0.1) is 12.0 Å². The van der Waals surface area contributed by atoms with Gasteiger partial charge < -0.3 is 31.7 Å². The van der Waals surface area contributed by atoms with Gasteiger partial charge in [0, 0.05) is 29.6 Å². The topological polar surface area (TPSA) is 154 Å². The summed E-state index contributed by atoms with van der Waals surface area (Å²) in [5, 5.41) is 19.6. The number of nitrogens with zero attached hydrogens (tertiary/aromatic N) is 1. The molecule has 1 aromatic rings. The van der Waals surface area contributed by atoms with Gasteiger partial charge in [-0.3, -0.25) is 14.4 Å². The molecular weight excluding hydrogens is 546 g/mol. The number of halogens is 1. The molecule has 0 bridgehead atoms. The van der Waals surface area contributed by atoms with E-state index in [9.17, 15) is 24.3 Å². The van der Waals surface area contributed by atoms with Crippen molar-refractivity contribution in [2.45, 2.75) is 96.9 Å². The van der Waals surface area contributed by atoms with E-state index in [2.05, 4.69) is 16.0 Å². The van der Waals surface area contributed by atoms with Gasteiger partial charge in [-0.25, -0.2) is 4.79 Å². The SMILES string of the molecule is CC(C)(C)NC(=O)N[C@H](C(=O)N1C[C@@H](C(=O)NC(CC2CCC2)C(O)C(N)=O)[C@H](c2ccc(Cl)cc2)C1)C(C)(C)C. The van der Waals surface area contributed by atoms with E-state index in [-0.39, 0.29) is 30.8 Å². The summed E-state index contributed by atoms with van der Waals surface area (Å²) < 4.78 is 0. The van der Waals surface area contributed by atoms with Crippen LogP contribution in [0.25, 0.3) is 0 Å². The van der Waals surface area contributed by atoms with Crippen LogP contribution < -0.4 is 21.7 Å². The van der Waals surface area contributed by atoms with E-state index in [1.807, 2.05) is 53.7 Å². The van der Waals surface area contributed by atoms with Crippen LogP contribution in [0.15, 0.2) is 24.3 Å². The Hall–Kier alpha value is -2.85. The minimum atomic E-state index is -1.51. The number of carbonyl (C=O) groups is 4. The second-order valence-electron chi connectivity index (χ2n) is 13.7. The summed E-state index contributed by atoms with van der Waals surface area (Å²) in [7, 11) is 0. The number of primary amides is 1. The number of carbonyl (C=O) groups excluding carboxylic acids is 4. The Balaban J connectivity index is 1.86. The zero-order valence-electron chi connectivity index (χ0n) is 25.0. The summed E-state index contributed by atoms with van der Waals surface area (Å²) in [6.07, 6.45) is 1.97. The standard InChI is InChI=1S/C30H46ClN5O5/c1-29(2,3)24(34-28(41)35-30(4,5)6)27(40)36-15-20(18-10-12-19(31)13-11-18)21(16-36)26(39)33-22(23(37)25(32)38)14-17-8-7-9-17/h10-13,17,20-24,37H,7-9,14-16H2,1-6H3,(H2,32,38)(H,33,39)(H2,34,35,41)/t20-,21+,22?,23?,24+/m0/s1. The van der Waals surface area contributed by atoms with Gasteiger partial charge in [-0.05, 0) is 56.2 Å². The Bertz CT molecular complexity index is 1110. The number of aliphatic hydroxyl groups excluding tert-OH is 1. The maximum absolute atomic E-state index is 13.9. The van der Waals surface area contributed by atoms with E-state index in [4.69, 9.17) is 17.3 Å². The first-order valence-corrected chi connectivity index (χ1v) is 14.7. The van der Waals surface area contributed by atoms with Gasteiger partial charge in [0.1, 0.15) is 6.04 Å². The number of hydrogen-bond acceptors (Lipinski definition) is 5. The van der Waals surface area contributed by atoms with E-state index >= 15 is 0 Å². The van der Waals surface area contributed by atoms with Crippen molar-refractivity contribution in [2.24, 2.45) is 23.0 Å². The summed E-state index contributed by atoms with van der Waals surface area (Å²) in [4.78, 5) is 53.9. The third-order valence-electron chi connectivity index (χ3n) is 7.96. The van der Waals surface area contributed by atoms with Gasteiger partial charge in [0.25, 0.3) is 0 Å².